The molecule has 6 nitrogen and oxygen atoms in total. The fraction of sp³-hybridized carbons (Fsp3) is 0.562. The van der Waals surface area contributed by atoms with Gasteiger partial charge in [-0.25, -0.2) is 4.79 Å². The van der Waals surface area contributed by atoms with Gasteiger partial charge < -0.3 is 19.9 Å². The predicted molar refractivity (Wildman–Crippen MR) is 84.5 cm³/mol. The largest absolute Gasteiger partial charge is 0.504 e. The highest BCUT2D eigenvalue weighted by Crippen LogP contribution is 2.31. The van der Waals surface area contributed by atoms with Gasteiger partial charge in [0.1, 0.15) is 11.7 Å². The van der Waals surface area contributed by atoms with E-state index in [1.54, 1.807) is 32.9 Å². The standard InChI is InChI=1S/C16H24N2O4/c1-16(2,3)22-15(20)18-11-4-5-14(13(19)10-11)21-12-6-8-17-9-7-12/h4-5,10,12,17,19H,6-9H2,1-3H3,(H,18,20). The molecule has 1 amide bonds. The quantitative estimate of drug-likeness (QED) is 0.800. The van der Waals surface area contributed by atoms with E-state index >= 15 is 0 Å². The number of phenols is 1. The van der Waals surface area contributed by atoms with Crippen molar-refractivity contribution in [1.29, 1.82) is 0 Å². The van der Waals surface area contributed by atoms with E-state index in [1.807, 2.05) is 0 Å². The Balaban J connectivity index is 1.95. The van der Waals surface area contributed by atoms with Gasteiger partial charge in [-0.2, -0.15) is 0 Å². The first kappa shape index (κ1) is 16.4. The van der Waals surface area contributed by atoms with Gasteiger partial charge in [0.05, 0.1) is 0 Å². The molecule has 1 fully saturated rings. The summed E-state index contributed by atoms with van der Waals surface area (Å²) in [6.45, 7) is 7.22. The second kappa shape index (κ2) is 6.87. The SMILES string of the molecule is CC(C)(C)OC(=O)Nc1ccc(OC2CCNCC2)c(O)c1. The van der Waals surface area contributed by atoms with Gasteiger partial charge in [0.25, 0.3) is 0 Å². The van der Waals surface area contributed by atoms with Crippen molar-refractivity contribution in [3.8, 4) is 11.5 Å². The van der Waals surface area contributed by atoms with Crippen LogP contribution < -0.4 is 15.4 Å². The number of hydrogen-bond acceptors (Lipinski definition) is 5. The van der Waals surface area contributed by atoms with E-state index in [1.165, 1.54) is 6.07 Å². The van der Waals surface area contributed by atoms with Crippen LogP contribution in [0.1, 0.15) is 33.6 Å². The fourth-order valence-electron chi connectivity index (χ4n) is 2.21. The molecule has 1 aliphatic heterocycles. The van der Waals surface area contributed by atoms with Crippen molar-refractivity contribution in [2.75, 3.05) is 18.4 Å². The predicted octanol–water partition coefficient (Wildman–Crippen LogP) is 2.87. The van der Waals surface area contributed by atoms with Crippen molar-refractivity contribution in [2.45, 2.75) is 45.3 Å². The lowest BCUT2D eigenvalue weighted by molar-refractivity contribution is 0.0636. The van der Waals surface area contributed by atoms with Crippen LogP contribution in [0, 0.1) is 0 Å². The van der Waals surface area contributed by atoms with Gasteiger partial charge in [0.2, 0.25) is 0 Å². The number of phenolic OH excluding ortho intramolecular Hbond substituents is 1. The van der Waals surface area contributed by atoms with Gasteiger partial charge in [-0.05, 0) is 58.8 Å². The Morgan fingerprint density at radius 1 is 1.32 bits per heavy atom. The lowest BCUT2D eigenvalue weighted by Gasteiger charge is -2.24. The molecule has 1 saturated heterocycles. The number of nitrogens with one attached hydrogen (secondary N) is 2. The maximum atomic E-state index is 11.7. The zero-order chi connectivity index (χ0) is 16.2. The van der Waals surface area contributed by atoms with Crippen molar-refractivity contribution in [2.24, 2.45) is 0 Å². The Kier molecular flexibility index (Phi) is 5.13. The number of anilines is 1. The van der Waals surface area contributed by atoms with E-state index in [0.717, 1.165) is 25.9 Å². The molecule has 0 saturated carbocycles. The van der Waals surface area contributed by atoms with E-state index in [2.05, 4.69) is 10.6 Å². The molecule has 0 bridgehead atoms. The van der Waals surface area contributed by atoms with Gasteiger partial charge in [0.15, 0.2) is 11.5 Å². The molecule has 2 rings (SSSR count). The van der Waals surface area contributed by atoms with Crippen LogP contribution in [0.3, 0.4) is 0 Å². The Hall–Kier alpha value is -1.95. The molecule has 1 heterocycles. The first-order valence-corrected chi connectivity index (χ1v) is 7.54. The molecule has 1 aromatic rings. The monoisotopic (exact) mass is 308 g/mol. The van der Waals surface area contributed by atoms with Crippen LogP contribution in [0.5, 0.6) is 11.5 Å². The highest BCUT2D eigenvalue weighted by Gasteiger charge is 2.18. The number of piperidine rings is 1. The minimum absolute atomic E-state index is 0.00657. The molecular weight excluding hydrogens is 284 g/mol. The Morgan fingerprint density at radius 3 is 2.59 bits per heavy atom. The van der Waals surface area contributed by atoms with E-state index in [4.69, 9.17) is 9.47 Å². The summed E-state index contributed by atoms with van der Waals surface area (Å²) in [4.78, 5) is 11.7. The molecule has 0 atom stereocenters. The molecular formula is C16H24N2O4. The second-order valence-electron chi connectivity index (χ2n) is 6.38. The molecule has 0 spiro atoms. The maximum Gasteiger partial charge on any atom is 0.412 e. The lowest BCUT2D eigenvalue weighted by Crippen LogP contribution is -2.34. The number of carbonyl (C=O) groups excluding carboxylic acids is 1. The molecule has 0 unspecified atom stereocenters. The number of aromatic hydroxyl groups is 1. The van der Waals surface area contributed by atoms with Crippen molar-refractivity contribution in [1.82, 2.24) is 5.32 Å². The summed E-state index contributed by atoms with van der Waals surface area (Å²) in [7, 11) is 0. The number of benzene rings is 1. The molecule has 3 N–H and O–H groups in total. The van der Waals surface area contributed by atoms with Crippen molar-refractivity contribution >= 4 is 11.8 Å². The number of amides is 1. The van der Waals surface area contributed by atoms with Crippen LogP contribution in [0.15, 0.2) is 18.2 Å². The Morgan fingerprint density at radius 2 is 2.00 bits per heavy atom. The zero-order valence-electron chi connectivity index (χ0n) is 13.3. The zero-order valence-corrected chi connectivity index (χ0v) is 13.3. The van der Waals surface area contributed by atoms with Gasteiger partial charge in [-0.15, -0.1) is 0 Å². The first-order valence-electron chi connectivity index (χ1n) is 7.54. The summed E-state index contributed by atoms with van der Waals surface area (Å²) in [5, 5.41) is 15.9. The third-order valence-corrected chi connectivity index (χ3v) is 3.18. The van der Waals surface area contributed by atoms with Crippen molar-refractivity contribution in [3.05, 3.63) is 18.2 Å². The summed E-state index contributed by atoms with van der Waals surface area (Å²) in [6.07, 6.45) is 1.38. The molecule has 0 aromatic heterocycles. The number of rotatable bonds is 3. The topological polar surface area (TPSA) is 79.8 Å². The molecule has 122 valence electrons. The van der Waals surface area contributed by atoms with E-state index in [-0.39, 0.29) is 11.9 Å². The lowest BCUT2D eigenvalue weighted by atomic mass is 10.1. The van der Waals surface area contributed by atoms with E-state index < -0.39 is 11.7 Å². The van der Waals surface area contributed by atoms with Crippen LogP contribution in [0.2, 0.25) is 0 Å². The van der Waals surface area contributed by atoms with Crippen LogP contribution in [-0.4, -0.2) is 36.0 Å². The smallest absolute Gasteiger partial charge is 0.412 e. The Labute approximate surface area is 130 Å². The fourth-order valence-corrected chi connectivity index (χ4v) is 2.21. The summed E-state index contributed by atoms with van der Waals surface area (Å²) in [5.74, 6) is 0.439. The first-order chi connectivity index (χ1) is 10.3. The van der Waals surface area contributed by atoms with Crippen LogP contribution >= 0.6 is 0 Å². The van der Waals surface area contributed by atoms with Gasteiger partial charge in [-0.1, -0.05) is 0 Å². The number of carbonyl (C=O) groups is 1. The molecule has 22 heavy (non-hydrogen) atoms. The van der Waals surface area contributed by atoms with Gasteiger partial charge in [0, 0.05) is 11.8 Å². The van der Waals surface area contributed by atoms with Crippen molar-refractivity contribution in [3.63, 3.8) is 0 Å². The van der Waals surface area contributed by atoms with E-state index in [9.17, 15) is 9.90 Å². The average molecular weight is 308 g/mol. The molecule has 6 heteroatoms. The maximum absolute atomic E-state index is 11.7. The minimum Gasteiger partial charge on any atom is -0.504 e. The highest BCUT2D eigenvalue weighted by molar-refractivity contribution is 5.85. The van der Waals surface area contributed by atoms with Crippen LogP contribution in [0.25, 0.3) is 0 Å². The third-order valence-electron chi connectivity index (χ3n) is 3.18. The molecule has 0 aliphatic carbocycles. The normalized spacial score (nSPS) is 16.1. The average Bonchev–Trinajstić information content (AvgIpc) is 2.41. The number of ether oxygens (including phenoxy) is 2. The van der Waals surface area contributed by atoms with Gasteiger partial charge in [-0.3, -0.25) is 5.32 Å². The summed E-state index contributed by atoms with van der Waals surface area (Å²) < 4.78 is 11.0. The third kappa shape index (κ3) is 5.11. The minimum atomic E-state index is -0.565. The summed E-state index contributed by atoms with van der Waals surface area (Å²) in [6, 6.07) is 4.80. The second-order valence-corrected chi connectivity index (χ2v) is 6.38. The van der Waals surface area contributed by atoms with Gasteiger partial charge >= 0.3 is 6.09 Å². The van der Waals surface area contributed by atoms with E-state index in [0.29, 0.717) is 11.4 Å². The molecule has 1 aromatic carbocycles. The van der Waals surface area contributed by atoms with Crippen molar-refractivity contribution < 1.29 is 19.4 Å². The number of hydrogen-bond donors (Lipinski definition) is 3. The molecule has 0 radical (unpaired) electrons. The highest BCUT2D eigenvalue weighted by atomic mass is 16.6. The summed E-state index contributed by atoms with van der Waals surface area (Å²) in [5.41, 5.74) is -0.103. The van der Waals surface area contributed by atoms with Crippen LogP contribution in [-0.2, 0) is 4.74 Å². The Bertz CT molecular complexity index is 519. The summed E-state index contributed by atoms with van der Waals surface area (Å²) >= 11 is 0. The van der Waals surface area contributed by atoms with Crippen LogP contribution in [0.4, 0.5) is 10.5 Å². The molecule has 1 aliphatic rings.